The van der Waals surface area contributed by atoms with Gasteiger partial charge in [0, 0.05) is 57.1 Å². The molecule has 0 radical (unpaired) electrons. The highest BCUT2D eigenvalue weighted by atomic mass is 16.5. The average molecular weight is 656 g/mol. The number of methoxy groups -OCH3 is 1. The molecule has 1 aliphatic carbocycles. The number of nitrogens with one attached hydrogen (secondary N) is 2. The molecule has 2 aromatic rings. The maximum absolute atomic E-state index is 14.4. The highest BCUT2D eigenvalue weighted by molar-refractivity contribution is 6.02. The number of benzene rings is 2. The Labute approximate surface area is 283 Å². The van der Waals surface area contributed by atoms with Gasteiger partial charge in [-0.1, -0.05) is 68.3 Å². The Morgan fingerprint density at radius 1 is 0.958 bits per heavy atom. The van der Waals surface area contributed by atoms with Crippen LogP contribution in [0.15, 0.2) is 66.7 Å². The van der Waals surface area contributed by atoms with Crippen LogP contribution in [-0.2, 0) is 25.7 Å². The van der Waals surface area contributed by atoms with E-state index >= 15 is 0 Å². The van der Waals surface area contributed by atoms with Crippen LogP contribution in [0.1, 0.15) is 44.6 Å². The van der Waals surface area contributed by atoms with E-state index in [9.17, 15) is 14.4 Å². The van der Waals surface area contributed by atoms with E-state index in [1.54, 1.807) is 24.1 Å². The summed E-state index contributed by atoms with van der Waals surface area (Å²) in [5, 5.41) is 6.33. The molecule has 5 aliphatic rings. The van der Waals surface area contributed by atoms with E-state index in [1.807, 2.05) is 24.3 Å². The second-order valence-corrected chi connectivity index (χ2v) is 14.3. The lowest BCUT2D eigenvalue weighted by atomic mass is 9.74. The molecular weight excluding hydrogens is 606 g/mol. The maximum atomic E-state index is 14.4. The zero-order valence-electron chi connectivity index (χ0n) is 28.2. The SMILES string of the molecule is COc1cccc(NC(=O)[C@@H]2[C@@H]3C=C[C@]4(O3)[C@@H]2C(=O)N(CCCN2CCN(Cc3ccccc3)CC2)[C@H]4C(=O)N[C@H]2CCCC[C@@H]2C)c1. The molecule has 0 unspecified atom stereocenters. The fourth-order valence-corrected chi connectivity index (χ4v) is 8.70. The van der Waals surface area contributed by atoms with Gasteiger partial charge in [0.15, 0.2) is 0 Å². The summed E-state index contributed by atoms with van der Waals surface area (Å²) in [6.07, 6.45) is 8.22. The second kappa shape index (κ2) is 14.0. The highest BCUT2D eigenvalue weighted by Gasteiger charge is 2.72. The van der Waals surface area contributed by atoms with Gasteiger partial charge in [0.2, 0.25) is 17.7 Å². The van der Waals surface area contributed by atoms with Crippen molar-refractivity contribution in [2.45, 2.75) is 69.4 Å². The molecule has 4 fully saturated rings. The number of likely N-dealkylation sites (tertiary alicyclic amines) is 1. The van der Waals surface area contributed by atoms with E-state index in [1.165, 1.54) is 12.0 Å². The summed E-state index contributed by atoms with van der Waals surface area (Å²) in [6.45, 7) is 8.36. The summed E-state index contributed by atoms with van der Waals surface area (Å²) < 4.78 is 11.9. The van der Waals surface area contributed by atoms with Gasteiger partial charge in [-0.25, -0.2) is 0 Å². The number of rotatable bonds is 11. The van der Waals surface area contributed by atoms with E-state index in [4.69, 9.17) is 9.47 Å². The molecule has 7 rings (SSSR count). The fraction of sp³-hybridized carbons (Fsp3) is 0.553. The molecule has 2 aromatic carbocycles. The molecule has 1 saturated carbocycles. The smallest absolute Gasteiger partial charge is 0.246 e. The van der Waals surface area contributed by atoms with Gasteiger partial charge < -0.3 is 29.9 Å². The molecule has 10 heteroatoms. The van der Waals surface area contributed by atoms with Gasteiger partial charge in [0.25, 0.3) is 0 Å². The first kappa shape index (κ1) is 32.8. The monoisotopic (exact) mass is 655 g/mol. The van der Waals surface area contributed by atoms with Crippen molar-refractivity contribution in [1.82, 2.24) is 20.0 Å². The van der Waals surface area contributed by atoms with Crippen LogP contribution in [0, 0.1) is 17.8 Å². The molecular formula is C38H49N5O5. The van der Waals surface area contributed by atoms with E-state index in [0.717, 1.165) is 65.0 Å². The molecule has 48 heavy (non-hydrogen) atoms. The number of nitrogens with zero attached hydrogens (tertiary/aromatic N) is 3. The molecule has 10 nitrogen and oxygen atoms in total. The number of fused-ring (bicyclic) bond motifs is 1. The topological polar surface area (TPSA) is 103 Å². The van der Waals surface area contributed by atoms with Crippen molar-refractivity contribution in [3.63, 3.8) is 0 Å². The summed E-state index contributed by atoms with van der Waals surface area (Å²) in [5.41, 5.74) is 0.756. The van der Waals surface area contributed by atoms with Crippen LogP contribution >= 0.6 is 0 Å². The lowest BCUT2D eigenvalue weighted by Crippen LogP contribution is -2.57. The fourth-order valence-electron chi connectivity index (χ4n) is 8.70. The Balaban J connectivity index is 1.05. The summed E-state index contributed by atoms with van der Waals surface area (Å²) in [5.74, 6) is -1.12. The van der Waals surface area contributed by atoms with Crippen molar-refractivity contribution in [3.8, 4) is 5.75 Å². The normalized spacial score (nSPS) is 31.5. The Morgan fingerprint density at radius 2 is 1.73 bits per heavy atom. The Morgan fingerprint density at radius 3 is 2.50 bits per heavy atom. The average Bonchev–Trinajstić information content (AvgIpc) is 3.74. The number of amides is 3. The summed E-state index contributed by atoms with van der Waals surface area (Å²) in [4.78, 5) is 49.2. The van der Waals surface area contributed by atoms with Crippen LogP contribution in [0.4, 0.5) is 5.69 Å². The zero-order valence-corrected chi connectivity index (χ0v) is 28.2. The van der Waals surface area contributed by atoms with Gasteiger partial charge in [-0.15, -0.1) is 0 Å². The first-order chi connectivity index (χ1) is 23.4. The van der Waals surface area contributed by atoms with E-state index in [2.05, 4.69) is 57.7 Å². The quantitative estimate of drug-likeness (QED) is 0.356. The molecule has 0 aromatic heterocycles. The maximum Gasteiger partial charge on any atom is 0.246 e. The predicted octanol–water partition coefficient (Wildman–Crippen LogP) is 3.69. The third-order valence-electron chi connectivity index (χ3n) is 11.3. The number of hydrogen-bond donors (Lipinski definition) is 2. The molecule has 256 valence electrons. The van der Waals surface area contributed by atoms with Crippen molar-refractivity contribution in [2.75, 3.05) is 51.7 Å². The third-order valence-corrected chi connectivity index (χ3v) is 11.3. The molecule has 1 spiro atoms. The van der Waals surface area contributed by atoms with Crippen molar-refractivity contribution in [2.24, 2.45) is 17.8 Å². The largest absolute Gasteiger partial charge is 0.497 e. The van der Waals surface area contributed by atoms with Crippen LogP contribution in [0.2, 0.25) is 0 Å². The van der Waals surface area contributed by atoms with Crippen molar-refractivity contribution < 1.29 is 23.9 Å². The van der Waals surface area contributed by atoms with E-state index in [-0.39, 0.29) is 23.8 Å². The lowest BCUT2D eigenvalue weighted by molar-refractivity contribution is -0.141. The Bertz CT molecular complexity index is 1510. The van der Waals surface area contributed by atoms with Crippen molar-refractivity contribution in [3.05, 3.63) is 72.3 Å². The van der Waals surface area contributed by atoms with Gasteiger partial charge in [0.05, 0.1) is 25.0 Å². The number of anilines is 1. The van der Waals surface area contributed by atoms with Gasteiger partial charge in [0.1, 0.15) is 17.4 Å². The first-order valence-electron chi connectivity index (χ1n) is 17.8. The zero-order chi connectivity index (χ0) is 33.3. The molecule has 4 aliphatic heterocycles. The molecule has 3 saturated heterocycles. The lowest BCUT2D eigenvalue weighted by Gasteiger charge is -2.37. The minimum atomic E-state index is -1.16. The number of piperazine rings is 1. The Hall–Kier alpha value is -3.73. The van der Waals surface area contributed by atoms with Gasteiger partial charge in [-0.05, 0) is 49.4 Å². The third kappa shape index (κ3) is 6.37. The summed E-state index contributed by atoms with van der Waals surface area (Å²) >= 11 is 0. The van der Waals surface area contributed by atoms with Gasteiger partial charge >= 0.3 is 0 Å². The molecule has 2 N–H and O–H groups in total. The molecule has 4 heterocycles. The molecule has 7 atom stereocenters. The number of ether oxygens (including phenoxy) is 2. The number of hydrogen-bond acceptors (Lipinski definition) is 7. The van der Waals surface area contributed by atoms with Crippen LogP contribution in [-0.4, -0.2) is 103 Å². The second-order valence-electron chi connectivity index (χ2n) is 14.3. The highest BCUT2D eigenvalue weighted by Crippen LogP contribution is 2.55. The van der Waals surface area contributed by atoms with E-state index < -0.39 is 29.6 Å². The van der Waals surface area contributed by atoms with E-state index in [0.29, 0.717) is 23.9 Å². The minimum Gasteiger partial charge on any atom is -0.497 e. The summed E-state index contributed by atoms with van der Waals surface area (Å²) in [6, 6.07) is 17.0. The molecule has 2 bridgehead atoms. The number of carbonyl (C=O) groups is 3. The first-order valence-corrected chi connectivity index (χ1v) is 17.8. The minimum absolute atomic E-state index is 0.0700. The van der Waals surface area contributed by atoms with Crippen LogP contribution in [0.5, 0.6) is 5.75 Å². The van der Waals surface area contributed by atoms with Crippen molar-refractivity contribution >= 4 is 23.4 Å². The van der Waals surface area contributed by atoms with Crippen LogP contribution < -0.4 is 15.4 Å². The standard InChI is InChI=1S/C38H49N5O5/c1-26-10-6-7-15-30(26)40-36(45)34-38-17-16-31(48-38)32(35(44)39-28-13-8-14-29(24-28)47-2)33(38)37(46)43(34)19-9-18-41-20-22-42(23-21-41)25-27-11-4-3-5-12-27/h3-5,8,11-14,16-17,24,26,30-34H,6-7,9-10,15,18-23,25H2,1-2H3,(H,39,44)(H,40,45)/t26-,30-,31-,32+,33-,34-,38-/m0/s1. The van der Waals surface area contributed by atoms with Crippen molar-refractivity contribution in [1.29, 1.82) is 0 Å². The Kier molecular flexibility index (Phi) is 9.58. The number of carbonyl (C=O) groups excluding carboxylic acids is 3. The van der Waals surface area contributed by atoms with Crippen LogP contribution in [0.25, 0.3) is 0 Å². The summed E-state index contributed by atoms with van der Waals surface area (Å²) in [7, 11) is 1.58. The molecule has 3 amide bonds. The predicted molar refractivity (Wildman–Crippen MR) is 183 cm³/mol. The van der Waals surface area contributed by atoms with Crippen LogP contribution in [0.3, 0.4) is 0 Å². The van der Waals surface area contributed by atoms with Gasteiger partial charge in [-0.3, -0.25) is 19.3 Å². The van der Waals surface area contributed by atoms with Gasteiger partial charge in [-0.2, -0.15) is 0 Å².